The average Bonchev–Trinajstić information content (AvgIpc) is 2.81. The second-order valence-electron chi connectivity index (χ2n) is 6.26. The summed E-state index contributed by atoms with van der Waals surface area (Å²) in [4.78, 5) is 8.90. The molecule has 1 aliphatic heterocycles. The Bertz CT molecular complexity index is 368. The van der Waals surface area contributed by atoms with Gasteiger partial charge in [-0.15, -0.1) is 0 Å². The van der Waals surface area contributed by atoms with E-state index in [0.717, 1.165) is 12.8 Å². The fraction of sp³-hybridized carbons (Fsp3) is 0.938. The lowest BCUT2D eigenvalue weighted by molar-refractivity contribution is -0.192. The van der Waals surface area contributed by atoms with Crippen molar-refractivity contribution in [3.8, 4) is 0 Å². The molecule has 0 radical (unpaired) electrons. The zero-order valence-corrected chi connectivity index (χ0v) is 14.5. The number of halogens is 3. The molecule has 0 aliphatic carbocycles. The number of carboxylic acids is 1. The predicted octanol–water partition coefficient (Wildman–Crippen LogP) is 1.81. The number of unbranched alkanes of at least 4 members (excludes halogenated alkanes) is 6. The molecule has 0 bridgehead atoms. The van der Waals surface area contributed by atoms with Crippen molar-refractivity contribution in [1.29, 1.82) is 0 Å². The van der Waals surface area contributed by atoms with Crippen LogP contribution in [0.5, 0.6) is 0 Å². The van der Waals surface area contributed by atoms with Gasteiger partial charge >= 0.3 is 12.1 Å². The minimum Gasteiger partial charge on any atom is -0.475 e. The van der Waals surface area contributed by atoms with Gasteiger partial charge in [-0.3, -0.25) is 0 Å². The lowest BCUT2D eigenvalue weighted by atomic mass is 10.0. The van der Waals surface area contributed by atoms with Crippen LogP contribution in [0.15, 0.2) is 0 Å². The number of aliphatic hydroxyl groups is 3. The summed E-state index contributed by atoms with van der Waals surface area (Å²) in [6, 6.07) is -0.428. The molecular weight excluding hydrogens is 343 g/mol. The average molecular weight is 373 g/mol. The molecule has 1 fully saturated rings. The summed E-state index contributed by atoms with van der Waals surface area (Å²) >= 11 is 0. The Morgan fingerprint density at radius 3 is 1.80 bits per heavy atom. The van der Waals surface area contributed by atoms with Gasteiger partial charge in [-0.25, -0.2) is 4.79 Å². The predicted molar refractivity (Wildman–Crippen MR) is 86.1 cm³/mol. The molecule has 0 unspecified atom stereocenters. The molecule has 0 aromatic heterocycles. The summed E-state index contributed by atoms with van der Waals surface area (Å²) in [5.41, 5.74) is 0. The van der Waals surface area contributed by atoms with Gasteiger partial charge in [0, 0.05) is 6.04 Å². The number of carbonyl (C=O) groups is 1. The van der Waals surface area contributed by atoms with E-state index in [2.05, 4.69) is 12.2 Å². The van der Waals surface area contributed by atoms with Crippen molar-refractivity contribution >= 4 is 5.97 Å². The Morgan fingerprint density at radius 2 is 1.40 bits per heavy atom. The van der Waals surface area contributed by atoms with Crippen molar-refractivity contribution in [2.24, 2.45) is 0 Å². The summed E-state index contributed by atoms with van der Waals surface area (Å²) < 4.78 is 31.7. The third kappa shape index (κ3) is 9.98. The van der Waals surface area contributed by atoms with Gasteiger partial charge in [0.25, 0.3) is 0 Å². The van der Waals surface area contributed by atoms with E-state index in [-0.39, 0.29) is 18.7 Å². The lowest BCUT2D eigenvalue weighted by Gasteiger charge is -2.15. The van der Waals surface area contributed by atoms with E-state index in [1.165, 1.54) is 38.5 Å². The van der Waals surface area contributed by atoms with Crippen molar-refractivity contribution < 1.29 is 38.4 Å². The van der Waals surface area contributed by atoms with Gasteiger partial charge in [-0.2, -0.15) is 13.2 Å². The molecule has 150 valence electrons. The molecule has 1 aliphatic rings. The maximum Gasteiger partial charge on any atom is 0.490 e. The summed E-state index contributed by atoms with van der Waals surface area (Å²) in [6.07, 6.45) is 2.98. The zero-order valence-electron chi connectivity index (χ0n) is 14.5. The fourth-order valence-corrected chi connectivity index (χ4v) is 2.68. The molecule has 9 heteroatoms. The van der Waals surface area contributed by atoms with Gasteiger partial charge in [0.2, 0.25) is 0 Å². The Morgan fingerprint density at radius 1 is 0.960 bits per heavy atom. The monoisotopic (exact) mass is 373 g/mol. The first kappa shape index (κ1) is 24.1. The van der Waals surface area contributed by atoms with Gasteiger partial charge in [0.1, 0.15) is 0 Å². The number of nitrogens with one attached hydrogen (secondary N) is 1. The molecule has 1 heterocycles. The van der Waals surface area contributed by atoms with E-state index in [0.29, 0.717) is 0 Å². The number of aliphatic carboxylic acids is 1. The highest BCUT2D eigenvalue weighted by Gasteiger charge is 2.40. The van der Waals surface area contributed by atoms with Crippen molar-refractivity contribution in [3.05, 3.63) is 0 Å². The van der Waals surface area contributed by atoms with Crippen LogP contribution < -0.4 is 5.32 Å². The first-order chi connectivity index (χ1) is 11.6. The number of rotatable bonds is 9. The van der Waals surface area contributed by atoms with E-state index in [1.54, 1.807) is 0 Å². The lowest BCUT2D eigenvalue weighted by Crippen LogP contribution is -2.36. The third-order valence-corrected chi connectivity index (χ3v) is 4.16. The SMILES string of the molecule is CCCCCCCCC[C@@H]1N[C@@H](CO)[C@H](O)[C@@H]1O.O=C(O)C(F)(F)F. The molecular formula is C16H30F3NO5. The molecule has 0 aromatic carbocycles. The second kappa shape index (κ2) is 12.5. The Balaban J connectivity index is 0.000000697. The minimum absolute atomic E-state index is 0.0622. The standard InChI is InChI=1S/C14H29NO3.C2HF3O2/c1-2-3-4-5-6-7-8-9-11-13(17)14(18)12(10-16)15-11;3-2(4,5)1(6)7/h11-18H,2-10H2,1H3;(H,6,7)/t11-,12-,13+,14-;/m0./s1. The van der Waals surface area contributed by atoms with E-state index < -0.39 is 24.4 Å². The smallest absolute Gasteiger partial charge is 0.475 e. The Kier molecular flexibility index (Phi) is 12.0. The Labute approximate surface area is 146 Å². The van der Waals surface area contributed by atoms with E-state index in [9.17, 15) is 23.4 Å². The number of alkyl halides is 3. The maximum atomic E-state index is 10.6. The molecule has 4 atom stereocenters. The molecule has 6 nitrogen and oxygen atoms in total. The van der Waals surface area contributed by atoms with Crippen LogP contribution in [0.4, 0.5) is 13.2 Å². The van der Waals surface area contributed by atoms with Gasteiger partial charge in [-0.05, 0) is 6.42 Å². The number of carboxylic acid groups (broad SMARTS) is 1. The first-order valence-corrected chi connectivity index (χ1v) is 8.68. The molecule has 25 heavy (non-hydrogen) atoms. The number of hydrogen-bond donors (Lipinski definition) is 5. The van der Waals surface area contributed by atoms with Crippen molar-refractivity contribution in [2.75, 3.05) is 6.61 Å². The minimum atomic E-state index is -5.08. The van der Waals surface area contributed by atoms with Crippen molar-refractivity contribution in [2.45, 2.75) is 88.8 Å². The van der Waals surface area contributed by atoms with Crippen LogP contribution >= 0.6 is 0 Å². The third-order valence-electron chi connectivity index (χ3n) is 4.16. The van der Waals surface area contributed by atoms with Crippen LogP contribution in [0.25, 0.3) is 0 Å². The second-order valence-corrected chi connectivity index (χ2v) is 6.26. The molecule has 0 aromatic rings. The molecule has 0 saturated carbocycles. The molecule has 1 saturated heterocycles. The van der Waals surface area contributed by atoms with E-state index >= 15 is 0 Å². The highest BCUT2D eigenvalue weighted by molar-refractivity contribution is 5.73. The van der Waals surface area contributed by atoms with Gasteiger partial charge in [-0.1, -0.05) is 51.9 Å². The van der Waals surface area contributed by atoms with Gasteiger partial charge < -0.3 is 25.7 Å². The van der Waals surface area contributed by atoms with Gasteiger partial charge in [0.05, 0.1) is 24.9 Å². The molecule has 0 spiro atoms. The number of hydrogen-bond acceptors (Lipinski definition) is 5. The van der Waals surface area contributed by atoms with Crippen LogP contribution in [0, 0.1) is 0 Å². The zero-order chi connectivity index (χ0) is 19.5. The summed E-state index contributed by atoms with van der Waals surface area (Å²) in [6.45, 7) is 2.10. The summed E-state index contributed by atoms with van der Waals surface area (Å²) in [5, 5.41) is 38.7. The van der Waals surface area contributed by atoms with Crippen LogP contribution in [0.1, 0.15) is 58.3 Å². The van der Waals surface area contributed by atoms with Crippen LogP contribution in [0.2, 0.25) is 0 Å². The normalized spacial score (nSPS) is 26.2. The van der Waals surface area contributed by atoms with E-state index in [4.69, 9.17) is 15.0 Å². The first-order valence-electron chi connectivity index (χ1n) is 8.68. The summed E-state index contributed by atoms with van der Waals surface area (Å²) in [5.74, 6) is -2.76. The molecule has 1 rings (SSSR count). The van der Waals surface area contributed by atoms with Crippen molar-refractivity contribution in [3.63, 3.8) is 0 Å². The largest absolute Gasteiger partial charge is 0.490 e. The van der Waals surface area contributed by atoms with Crippen molar-refractivity contribution in [1.82, 2.24) is 5.32 Å². The highest BCUT2D eigenvalue weighted by atomic mass is 19.4. The van der Waals surface area contributed by atoms with E-state index in [1.807, 2.05) is 0 Å². The quantitative estimate of drug-likeness (QED) is 0.394. The maximum absolute atomic E-state index is 10.6. The van der Waals surface area contributed by atoms with Crippen LogP contribution in [-0.4, -0.2) is 63.5 Å². The topological polar surface area (TPSA) is 110 Å². The highest BCUT2D eigenvalue weighted by Crippen LogP contribution is 2.19. The van der Waals surface area contributed by atoms with Gasteiger partial charge in [0.15, 0.2) is 0 Å². The van der Waals surface area contributed by atoms with Crippen LogP contribution in [0.3, 0.4) is 0 Å². The van der Waals surface area contributed by atoms with Crippen LogP contribution in [-0.2, 0) is 4.79 Å². The molecule has 0 amide bonds. The Hall–Kier alpha value is -0.900. The summed E-state index contributed by atoms with van der Waals surface area (Å²) in [7, 11) is 0. The fourth-order valence-electron chi connectivity index (χ4n) is 2.68. The molecule has 5 N–H and O–H groups in total. The number of aliphatic hydroxyl groups excluding tert-OH is 3.